The molecule has 0 aliphatic rings. The molecule has 0 aliphatic carbocycles. The second kappa shape index (κ2) is 5.82. The molecule has 22 heavy (non-hydrogen) atoms. The summed E-state index contributed by atoms with van der Waals surface area (Å²) in [6, 6.07) is 15.5. The first-order valence-electron chi connectivity index (χ1n) is 6.56. The fourth-order valence-electron chi connectivity index (χ4n) is 2.11. The molecule has 112 valence electrons. The van der Waals surface area contributed by atoms with Crippen LogP contribution in [-0.4, -0.2) is 8.42 Å². The molecule has 0 atom stereocenters. The maximum Gasteiger partial charge on any atom is 0.261 e. The Hall–Kier alpha value is -2.31. The number of nitrogen functional groups attached to an aromatic ring is 1. The highest BCUT2D eigenvalue weighted by Gasteiger charge is 2.16. The number of nitrogens with two attached hydrogens (primary N) is 1. The SMILES string of the molecule is Nc1cc(S(=O)(=O)Nc2ccccc2)ccc1-c1ccsc1. The number of hydrogen-bond acceptors (Lipinski definition) is 4. The second-order valence-electron chi connectivity index (χ2n) is 4.73. The molecule has 4 nitrogen and oxygen atoms in total. The second-order valence-corrected chi connectivity index (χ2v) is 7.20. The Balaban J connectivity index is 1.93. The summed E-state index contributed by atoms with van der Waals surface area (Å²) in [6.07, 6.45) is 0. The summed E-state index contributed by atoms with van der Waals surface area (Å²) in [6.45, 7) is 0. The topological polar surface area (TPSA) is 72.2 Å². The lowest BCUT2D eigenvalue weighted by molar-refractivity contribution is 0.601. The minimum atomic E-state index is -3.65. The van der Waals surface area contributed by atoms with E-state index in [2.05, 4.69) is 4.72 Å². The van der Waals surface area contributed by atoms with Gasteiger partial charge in [0.25, 0.3) is 10.0 Å². The summed E-state index contributed by atoms with van der Waals surface area (Å²) in [5.41, 5.74) is 8.79. The zero-order valence-corrected chi connectivity index (χ0v) is 13.2. The van der Waals surface area contributed by atoms with Crippen LogP contribution < -0.4 is 10.5 Å². The number of anilines is 2. The van der Waals surface area contributed by atoms with Gasteiger partial charge in [0.15, 0.2) is 0 Å². The summed E-state index contributed by atoms with van der Waals surface area (Å²) < 4.78 is 27.3. The minimum absolute atomic E-state index is 0.146. The Labute approximate surface area is 133 Å². The Morgan fingerprint density at radius 1 is 1.00 bits per heavy atom. The maximum absolute atomic E-state index is 12.4. The standard InChI is InChI=1S/C16H14N2O2S2/c17-16-10-14(6-7-15(16)12-8-9-21-11-12)22(19,20)18-13-4-2-1-3-5-13/h1-11,18H,17H2. The van der Waals surface area contributed by atoms with Gasteiger partial charge in [0.1, 0.15) is 0 Å². The van der Waals surface area contributed by atoms with Crippen molar-refractivity contribution in [1.29, 1.82) is 0 Å². The summed E-state index contributed by atoms with van der Waals surface area (Å²) >= 11 is 1.57. The van der Waals surface area contributed by atoms with Gasteiger partial charge in [0.2, 0.25) is 0 Å². The molecule has 0 radical (unpaired) electrons. The van der Waals surface area contributed by atoms with Crippen LogP contribution in [0.3, 0.4) is 0 Å². The van der Waals surface area contributed by atoms with Crippen molar-refractivity contribution < 1.29 is 8.42 Å². The smallest absolute Gasteiger partial charge is 0.261 e. The molecule has 0 saturated heterocycles. The largest absolute Gasteiger partial charge is 0.398 e. The summed E-state index contributed by atoms with van der Waals surface area (Å²) in [5, 5.41) is 3.93. The molecule has 3 rings (SSSR count). The van der Waals surface area contributed by atoms with Crippen LogP contribution in [0, 0.1) is 0 Å². The molecule has 0 unspecified atom stereocenters. The molecule has 3 aromatic rings. The number of hydrogen-bond donors (Lipinski definition) is 2. The van der Waals surface area contributed by atoms with E-state index in [1.54, 1.807) is 47.7 Å². The quantitative estimate of drug-likeness (QED) is 0.715. The highest BCUT2D eigenvalue weighted by atomic mass is 32.2. The van der Waals surface area contributed by atoms with E-state index in [0.717, 1.165) is 11.1 Å². The van der Waals surface area contributed by atoms with E-state index in [9.17, 15) is 8.42 Å². The normalized spacial score (nSPS) is 11.3. The van der Waals surface area contributed by atoms with Crippen LogP contribution in [0.1, 0.15) is 0 Å². The fourth-order valence-corrected chi connectivity index (χ4v) is 3.86. The molecule has 3 N–H and O–H groups in total. The number of sulfonamides is 1. The molecular formula is C16H14N2O2S2. The van der Waals surface area contributed by atoms with E-state index in [0.29, 0.717) is 11.4 Å². The van der Waals surface area contributed by atoms with Crippen molar-refractivity contribution >= 4 is 32.7 Å². The summed E-state index contributed by atoms with van der Waals surface area (Å²) in [7, 11) is -3.65. The molecule has 1 heterocycles. The monoisotopic (exact) mass is 330 g/mol. The maximum atomic E-state index is 12.4. The molecule has 0 bridgehead atoms. The highest BCUT2D eigenvalue weighted by molar-refractivity contribution is 7.92. The number of rotatable bonds is 4. The summed E-state index contributed by atoms with van der Waals surface area (Å²) in [5.74, 6) is 0. The average Bonchev–Trinajstić information content (AvgIpc) is 3.01. The molecule has 2 aromatic carbocycles. The van der Waals surface area contributed by atoms with Crippen LogP contribution >= 0.6 is 11.3 Å². The Bertz CT molecular complexity index is 874. The van der Waals surface area contributed by atoms with E-state index in [4.69, 9.17) is 5.73 Å². The van der Waals surface area contributed by atoms with Crippen LogP contribution in [0.4, 0.5) is 11.4 Å². The third-order valence-corrected chi connectivity index (χ3v) is 5.25. The van der Waals surface area contributed by atoms with Crippen molar-refractivity contribution in [2.45, 2.75) is 4.90 Å². The molecule has 0 fully saturated rings. The lowest BCUT2D eigenvalue weighted by Gasteiger charge is -2.10. The van der Waals surface area contributed by atoms with Gasteiger partial charge < -0.3 is 5.73 Å². The Morgan fingerprint density at radius 3 is 2.41 bits per heavy atom. The first-order chi connectivity index (χ1) is 10.6. The number of thiophene rings is 1. The van der Waals surface area contributed by atoms with Crippen molar-refractivity contribution in [3.05, 3.63) is 65.4 Å². The molecule has 6 heteroatoms. The lowest BCUT2D eigenvalue weighted by Crippen LogP contribution is -2.13. The first kappa shape index (κ1) is 14.6. The Morgan fingerprint density at radius 2 is 1.77 bits per heavy atom. The van der Waals surface area contributed by atoms with Crippen molar-refractivity contribution in [3.63, 3.8) is 0 Å². The van der Waals surface area contributed by atoms with E-state index in [1.807, 2.05) is 22.9 Å². The van der Waals surface area contributed by atoms with Gasteiger partial charge in [-0.1, -0.05) is 24.3 Å². The number of benzene rings is 2. The van der Waals surface area contributed by atoms with Crippen molar-refractivity contribution in [2.75, 3.05) is 10.5 Å². The molecule has 1 aromatic heterocycles. The van der Waals surface area contributed by atoms with Crippen molar-refractivity contribution in [1.82, 2.24) is 0 Å². The number of nitrogens with one attached hydrogen (secondary N) is 1. The molecule has 0 spiro atoms. The fraction of sp³-hybridized carbons (Fsp3) is 0. The van der Waals surface area contributed by atoms with E-state index in [1.165, 1.54) is 6.07 Å². The van der Waals surface area contributed by atoms with Crippen LogP contribution in [-0.2, 0) is 10.0 Å². The van der Waals surface area contributed by atoms with Crippen LogP contribution in [0.15, 0.2) is 70.3 Å². The average molecular weight is 330 g/mol. The van der Waals surface area contributed by atoms with Crippen molar-refractivity contribution in [2.24, 2.45) is 0 Å². The minimum Gasteiger partial charge on any atom is -0.398 e. The van der Waals surface area contributed by atoms with Gasteiger partial charge in [0.05, 0.1) is 4.90 Å². The molecular weight excluding hydrogens is 316 g/mol. The van der Waals surface area contributed by atoms with Gasteiger partial charge in [-0.15, -0.1) is 0 Å². The number of para-hydroxylation sites is 1. The molecule has 0 aliphatic heterocycles. The third kappa shape index (κ3) is 2.98. The van der Waals surface area contributed by atoms with Crippen LogP contribution in [0.5, 0.6) is 0 Å². The molecule has 0 amide bonds. The van der Waals surface area contributed by atoms with Gasteiger partial charge in [-0.2, -0.15) is 11.3 Å². The van der Waals surface area contributed by atoms with E-state index in [-0.39, 0.29) is 4.90 Å². The van der Waals surface area contributed by atoms with Gasteiger partial charge in [-0.05, 0) is 46.7 Å². The van der Waals surface area contributed by atoms with Gasteiger partial charge in [-0.25, -0.2) is 8.42 Å². The van der Waals surface area contributed by atoms with Crippen LogP contribution in [0.2, 0.25) is 0 Å². The lowest BCUT2D eigenvalue weighted by atomic mass is 10.1. The van der Waals surface area contributed by atoms with E-state index < -0.39 is 10.0 Å². The zero-order valence-electron chi connectivity index (χ0n) is 11.6. The van der Waals surface area contributed by atoms with Gasteiger partial charge >= 0.3 is 0 Å². The zero-order chi connectivity index (χ0) is 15.6. The van der Waals surface area contributed by atoms with Crippen molar-refractivity contribution in [3.8, 4) is 11.1 Å². The van der Waals surface area contributed by atoms with Gasteiger partial charge in [0, 0.05) is 16.9 Å². The predicted octanol–water partition coefficient (Wildman–Crippen LogP) is 3.80. The predicted molar refractivity (Wildman–Crippen MR) is 91.4 cm³/mol. The summed E-state index contributed by atoms with van der Waals surface area (Å²) in [4.78, 5) is 0.146. The van der Waals surface area contributed by atoms with Crippen LogP contribution in [0.25, 0.3) is 11.1 Å². The first-order valence-corrected chi connectivity index (χ1v) is 8.99. The van der Waals surface area contributed by atoms with Gasteiger partial charge in [-0.3, -0.25) is 4.72 Å². The highest BCUT2D eigenvalue weighted by Crippen LogP contribution is 2.30. The van der Waals surface area contributed by atoms with E-state index >= 15 is 0 Å². The Kier molecular flexibility index (Phi) is 3.87. The molecule has 0 saturated carbocycles. The third-order valence-electron chi connectivity index (χ3n) is 3.19.